The molecular formula is C52H33NO3. The van der Waals surface area contributed by atoms with Gasteiger partial charge in [0.05, 0.1) is 5.39 Å². The molecule has 0 atom stereocenters. The molecule has 4 heteroatoms. The molecule has 0 N–H and O–H groups in total. The van der Waals surface area contributed by atoms with Crippen LogP contribution in [-0.2, 0) is 0 Å². The maximum Gasteiger partial charge on any atom is 0.170 e. The van der Waals surface area contributed by atoms with Crippen LogP contribution in [0.25, 0.3) is 66.1 Å². The van der Waals surface area contributed by atoms with E-state index in [9.17, 15) is 0 Å². The summed E-state index contributed by atoms with van der Waals surface area (Å²) < 4.78 is 19.3. The molecule has 0 bridgehead atoms. The first-order valence-corrected chi connectivity index (χ1v) is 18.8. The van der Waals surface area contributed by atoms with E-state index >= 15 is 0 Å². The highest BCUT2D eigenvalue weighted by atomic mass is 16.5. The molecule has 10 aromatic rings. The third-order valence-electron chi connectivity index (χ3n) is 10.7. The third-order valence-corrected chi connectivity index (χ3v) is 10.7. The van der Waals surface area contributed by atoms with E-state index in [0.29, 0.717) is 11.5 Å². The molecule has 2 heterocycles. The van der Waals surface area contributed by atoms with Gasteiger partial charge >= 0.3 is 0 Å². The molecule has 0 amide bonds. The van der Waals surface area contributed by atoms with E-state index in [1.54, 1.807) is 0 Å². The second-order valence-electron chi connectivity index (χ2n) is 14.1. The van der Waals surface area contributed by atoms with Gasteiger partial charge in [0.2, 0.25) is 0 Å². The second-order valence-corrected chi connectivity index (χ2v) is 14.1. The summed E-state index contributed by atoms with van der Waals surface area (Å²) in [7, 11) is 0. The lowest BCUT2D eigenvalue weighted by molar-refractivity contribution is 0.439. The predicted molar refractivity (Wildman–Crippen MR) is 229 cm³/mol. The molecule has 4 nitrogen and oxygen atoms in total. The van der Waals surface area contributed by atoms with Crippen molar-refractivity contribution in [3.05, 3.63) is 200 Å². The van der Waals surface area contributed by atoms with Gasteiger partial charge in [-0.3, -0.25) is 0 Å². The number of nitrogens with zero attached hydrogens (tertiary/aromatic N) is 1. The van der Waals surface area contributed by atoms with Gasteiger partial charge in [-0.05, 0) is 112 Å². The average molecular weight is 720 g/mol. The van der Waals surface area contributed by atoms with Gasteiger partial charge in [0.15, 0.2) is 11.5 Å². The first kappa shape index (κ1) is 31.9. The van der Waals surface area contributed by atoms with Crippen LogP contribution in [0.4, 0.5) is 17.1 Å². The van der Waals surface area contributed by atoms with Gasteiger partial charge in [-0.25, -0.2) is 0 Å². The molecule has 0 saturated carbocycles. The highest BCUT2D eigenvalue weighted by Gasteiger charge is 2.20. The van der Waals surface area contributed by atoms with Crippen LogP contribution in [0, 0.1) is 0 Å². The van der Waals surface area contributed by atoms with Crippen LogP contribution in [0.3, 0.4) is 0 Å². The minimum absolute atomic E-state index is 0.689. The molecule has 1 aliphatic rings. The quantitative estimate of drug-likeness (QED) is 0.171. The van der Waals surface area contributed by atoms with E-state index in [0.717, 1.165) is 83.5 Å². The summed E-state index contributed by atoms with van der Waals surface area (Å²) >= 11 is 0. The minimum atomic E-state index is 0.689. The Morgan fingerprint density at radius 1 is 0.304 bits per heavy atom. The first-order chi connectivity index (χ1) is 27.7. The number of hydrogen-bond donors (Lipinski definition) is 0. The molecular weight excluding hydrogens is 687 g/mol. The molecule has 264 valence electrons. The van der Waals surface area contributed by atoms with Crippen molar-refractivity contribution in [2.75, 3.05) is 4.90 Å². The fourth-order valence-corrected chi connectivity index (χ4v) is 7.97. The fourth-order valence-electron chi connectivity index (χ4n) is 7.97. The summed E-state index contributed by atoms with van der Waals surface area (Å²) in [5.41, 5.74) is 11.6. The lowest BCUT2D eigenvalue weighted by Gasteiger charge is -2.26. The van der Waals surface area contributed by atoms with Crippen molar-refractivity contribution in [3.63, 3.8) is 0 Å². The van der Waals surface area contributed by atoms with Gasteiger partial charge < -0.3 is 18.8 Å². The second kappa shape index (κ2) is 13.1. The van der Waals surface area contributed by atoms with E-state index in [4.69, 9.17) is 13.9 Å². The highest BCUT2D eigenvalue weighted by Crippen LogP contribution is 2.47. The number of ether oxygens (including phenoxy) is 2. The lowest BCUT2D eigenvalue weighted by atomic mass is 9.98. The summed E-state index contributed by atoms with van der Waals surface area (Å²) in [5.74, 6) is 2.97. The zero-order valence-electron chi connectivity index (χ0n) is 30.2. The Hall–Kier alpha value is -7.56. The number of furan rings is 1. The maximum atomic E-state index is 6.52. The van der Waals surface area contributed by atoms with E-state index in [1.807, 2.05) is 48.5 Å². The Kier molecular flexibility index (Phi) is 7.46. The Morgan fingerprint density at radius 3 is 1.68 bits per heavy atom. The molecule has 56 heavy (non-hydrogen) atoms. The molecule has 0 spiro atoms. The van der Waals surface area contributed by atoms with E-state index in [2.05, 4.69) is 157 Å². The SMILES string of the molecule is c1ccc(-c2ccc(N(c3cccc(-c4cccc(-c5ccc6c(c5)Oc5cccc7cccc(c57)O6)c4)c3)c3ccc4c(c3)oc3ccccc34)cc2)cc1. The number of para-hydroxylation sites is 1. The van der Waals surface area contributed by atoms with Gasteiger partial charge in [0.25, 0.3) is 0 Å². The minimum Gasteiger partial charge on any atom is -0.456 e. The van der Waals surface area contributed by atoms with Gasteiger partial charge in [0.1, 0.15) is 22.7 Å². The molecule has 0 fully saturated rings. The van der Waals surface area contributed by atoms with Crippen LogP contribution in [0.2, 0.25) is 0 Å². The van der Waals surface area contributed by atoms with E-state index in [1.165, 1.54) is 11.1 Å². The summed E-state index contributed by atoms with van der Waals surface area (Å²) in [6.45, 7) is 0. The zero-order chi connectivity index (χ0) is 37.0. The summed E-state index contributed by atoms with van der Waals surface area (Å²) in [4.78, 5) is 2.30. The largest absolute Gasteiger partial charge is 0.456 e. The summed E-state index contributed by atoms with van der Waals surface area (Å²) in [6, 6.07) is 69.8. The molecule has 11 rings (SSSR count). The predicted octanol–water partition coefficient (Wildman–Crippen LogP) is 15.1. The standard InChI is InChI=1S/C52H33NO3/c1-2-10-34(11-3-1)35-22-25-41(26-23-35)53(43-27-28-45-44-18-4-5-19-46(44)54-50(45)33-43)42-17-7-16-39(31-42)37-14-6-15-38(30-37)40-24-29-47-51(32-40)56-49-21-9-13-36-12-8-20-48(55-47)52(36)49/h1-33H. The monoisotopic (exact) mass is 719 g/mol. The normalized spacial score (nSPS) is 11.9. The van der Waals surface area contributed by atoms with Crippen molar-refractivity contribution in [1.82, 2.24) is 0 Å². The van der Waals surface area contributed by atoms with Gasteiger partial charge in [-0.15, -0.1) is 0 Å². The van der Waals surface area contributed by atoms with Crippen molar-refractivity contribution in [2.45, 2.75) is 0 Å². The summed E-state index contributed by atoms with van der Waals surface area (Å²) in [6.07, 6.45) is 0. The van der Waals surface area contributed by atoms with E-state index < -0.39 is 0 Å². The summed E-state index contributed by atoms with van der Waals surface area (Å²) in [5, 5.41) is 4.28. The van der Waals surface area contributed by atoms with Gasteiger partial charge in [-0.1, -0.05) is 121 Å². The van der Waals surface area contributed by atoms with Crippen LogP contribution in [-0.4, -0.2) is 0 Å². The van der Waals surface area contributed by atoms with Crippen molar-refractivity contribution in [1.29, 1.82) is 0 Å². The van der Waals surface area contributed by atoms with Crippen LogP contribution < -0.4 is 14.4 Å². The van der Waals surface area contributed by atoms with Crippen LogP contribution in [0.15, 0.2) is 205 Å². The highest BCUT2D eigenvalue weighted by molar-refractivity contribution is 6.06. The fraction of sp³-hybridized carbons (Fsp3) is 0. The number of fused-ring (bicyclic) bond motifs is 4. The molecule has 1 aromatic heterocycles. The lowest BCUT2D eigenvalue weighted by Crippen LogP contribution is -2.10. The number of anilines is 3. The Bertz CT molecular complexity index is 3090. The van der Waals surface area contributed by atoms with Gasteiger partial charge in [-0.2, -0.15) is 0 Å². The number of benzene rings is 9. The van der Waals surface area contributed by atoms with Gasteiger partial charge in [0, 0.05) is 33.9 Å². The molecule has 0 aliphatic carbocycles. The van der Waals surface area contributed by atoms with E-state index in [-0.39, 0.29) is 0 Å². The van der Waals surface area contributed by atoms with Crippen molar-refractivity contribution in [2.24, 2.45) is 0 Å². The molecule has 9 aromatic carbocycles. The maximum absolute atomic E-state index is 6.52. The molecule has 1 aliphatic heterocycles. The van der Waals surface area contributed by atoms with Crippen molar-refractivity contribution >= 4 is 49.8 Å². The molecule has 0 saturated heterocycles. The van der Waals surface area contributed by atoms with Crippen molar-refractivity contribution in [3.8, 4) is 56.4 Å². The Labute approximate surface area is 324 Å². The molecule has 0 radical (unpaired) electrons. The first-order valence-electron chi connectivity index (χ1n) is 18.8. The Morgan fingerprint density at radius 2 is 0.875 bits per heavy atom. The smallest absolute Gasteiger partial charge is 0.170 e. The zero-order valence-corrected chi connectivity index (χ0v) is 30.2. The number of rotatable bonds is 6. The average Bonchev–Trinajstić information content (AvgIpc) is 3.54. The van der Waals surface area contributed by atoms with Crippen LogP contribution >= 0.6 is 0 Å². The van der Waals surface area contributed by atoms with Crippen LogP contribution in [0.1, 0.15) is 0 Å². The topological polar surface area (TPSA) is 34.8 Å². The molecule has 0 unspecified atom stereocenters. The number of hydrogen-bond acceptors (Lipinski definition) is 4. The van der Waals surface area contributed by atoms with Crippen LogP contribution in [0.5, 0.6) is 23.0 Å². The third kappa shape index (κ3) is 5.55. The Balaban J connectivity index is 0.975. The van der Waals surface area contributed by atoms with Crippen molar-refractivity contribution < 1.29 is 13.9 Å².